The van der Waals surface area contributed by atoms with Crippen molar-refractivity contribution in [2.45, 2.75) is 32.4 Å². The van der Waals surface area contributed by atoms with E-state index in [-0.39, 0.29) is 5.82 Å². The average Bonchev–Trinajstić information content (AvgIpc) is 3.28. The molecule has 2 nitrogen and oxygen atoms in total. The molecule has 0 bridgehead atoms. The third-order valence-electron chi connectivity index (χ3n) is 3.80. The molecular formula is C18H17FN2. The van der Waals surface area contributed by atoms with Gasteiger partial charge in [-0.1, -0.05) is 18.2 Å². The molecular weight excluding hydrogens is 263 g/mol. The molecule has 3 heteroatoms. The van der Waals surface area contributed by atoms with E-state index in [0.717, 1.165) is 23.2 Å². The summed E-state index contributed by atoms with van der Waals surface area (Å²) in [6.45, 7) is 2.89. The molecule has 0 saturated heterocycles. The first-order chi connectivity index (χ1) is 10.2. The van der Waals surface area contributed by atoms with Crippen LogP contribution in [0.4, 0.5) is 4.39 Å². The predicted octanol–water partition coefficient (Wildman–Crippen LogP) is 3.92. The van der Waals surface area contributed by atoms with Crippen molar-refractivity contribution in [3.05, 3.63) is 58.9 Å². The van der Waals surface area contributed by atoms with Gasteiger partial charge in [0.15, 0.2) is 0 Å². The Bertz CT molecular complexity index is 712. The maximum atomic E-state index is 13.6. The minimum Gasteiger partial charge on any atom is -0.310 e. The Kier molecular flexibility index (Phi) is 3.72. The van der Waals surface area contributed by atoms with Crippen molar-refractivity contribution in [3.8, 4) is 17.2 Å². The molecule has 1 saturated carbocycles. The molecule has 21 heavy (non-hydrogen) atoms. The Hall–Kier alpha value is -2.18. The average molecular weight is 280 g/mol. The molecule has 3 rings (SSSR count). The van der Waals surface area contributed by atoms with Crippen molar-refractivity contribution in [2.24, 2.45) is 0 Å². The zero-order chi connectivity index (χ0) is 14.8. The lowest BCUT2D eigenvalue weighted by atomic mass is 9.97. The van der Waals surface area contributed by atoms with Gasteiger partial charge in [0.25, 0.3) is 0 Å². The van der Waals surface area contributed by atoms with Crippen molar-refractivity contribution in [3.63, 3.8) is 0 Å². The maximum Gasteiger partial charge on any atom is 0.125 e. The lowest BCUT2D eigenvalue weighted by Crippen LogP contribution is -2.15. The van der Waals surface area contributed by atoms with Crippen LogP contribution in [0.3, 0.4) is 0 Å². The number of rotatable bonds is 4. The summed E-state index contributed by atoms with van der Waals surface area (Å²) in [5, 5.41) is 12.4. The van der Waals surface area contributed by atoms with Gasteiger partial charge < -0.3 is 5.32 Å². The van der Waals surface area contributed by atoms with Crippen molar-refractivity contribution in [2.75, 3.05) is 0 Å². The monoisotopic (exact) mass is 280 g/mol. The molecule has 0 spiro atoms. The first kappa shape index (κ1) is 13.8. The van der Waals surface area contributed by atoms with E-state index in [9.17, 15) is 4.39 Å². The standard InChI is InChI=1S/C18H17FN2/c1-12-6-13(11-21-17-3-4-17)2-5-18(12)15-7-14(10-20)8-16(19)9-15/h2,5-9,17,21H,3-4,11H2,1H3. The van der Waals surface area contributed by atoms with Gasteiger partial charge in [0, 0.05) is 12.6 Å². The number of nitriles is 1. The highest BCUT2D eigenvalue weighted by molar-refractivity contribution is 5.69. The number of halogens is 1. The lowest BCUT2D eigenvalue weighted by Gasteiger charge is -2.10. The molecule has 0 amide bonds. The van der Waals surface area contributed by atoms with Crippen LogP contribution in [0.2, 0.25) is 0 Å². The number of nitrogens with zero attached hydrogens (tertiary/aromatic N) is 1. The summed E-state index contributed by atoms with van der Waals surface area (Å²) in [5.41, 5.74) is 4.41. The quantitative estimate of drug-likeness (QED) is 0.921. The third-order valence-corrected chi connectivity index (χ3v) is 3.80. The molecule has 1 fully saturated rings. The van der Waals surface area contributed by atoms with Crippen molar-refractivity contribution < 1.29 is 4.39 Å². The Morgan fingerprint density at radius 1 is 1.24 bits per heavy atom. The van der Waals surface area contributed by atoms with Gasteiger partial charge in [-0.3, -0.25) is 0 Å². The largest absolute Gasteiger partial charge is 0.310 e. The second kappa shape index (κ2) is 5.67. The number of nitrogens with one attached hydrogen (secondary N) is 1. The summed E-state index contributed by atoms with van der Waals surface area (Å²) in [4.78, 5) is 0. The van der Waals surface area contributed by atoms with E-state index in [0.29, 0.717) is 11.6 Å². The highest BCUT2D eigenvalue weighted by Gasteiger charge is 2.19. The topological polar surface area (TPSA) is 35.8 Å². The van der Waals surface area contributed by atoms with Gasteiger partial charge in [0.05, 0.1) is 11.6 Å². The predicted molar refractivity (Wildman–Crippen MR) is 81.1 cm³/mol. The van der Waals surface area contributed by atoms with Gasteiger partial charge in [-0.25, -0.2) is 4.39 Å². The van der Waals surface area contributed by atoms with Crippen LogP contribution in [0.5, 0.6) is 0 Å². The molecule has 106 valence electrons. The molecule has 0 heterocycles. The summed E-state index contributed by atoms with van der Waals surface area (Å²) >= 11 is 0. The van der Waals surface area contributed by atoms with E-state index in [1.807, 2.05) is 19.1 Å². The van der Waals surface area contributed by atoms with E-state index < -0.39 is 0 Å². The van der Waals surface area contributed by atoms with Crippen LogP contribution in [-0.4, -0.2) is 6.04 Å². The fourth-order valence-corrected chi connectivity index (χ4v) is 2.52. The smallest absolute Gasteiger partial charge is 0.125 e. The van der Waals surface area contributed by atoms with Crippen LogP contribution >= 0.6 is 0 Å². The maximum absolute atomic E-state index is 13.6. The molecule has 0 aliphatic heterocycles. The van der Waals surface area contributed by atoms with Crippen LogP contribution in [0.25, 0.3) is 11.1 Å². The minimum absolute atomic E-state index is 0.351. The van der Waals surface area contributed by atoms with Crippen LogP contribution in [-0.2, 0) is 6.54 Å². The fourth-order valence-electron chi connectivity index (χ4n) is 2.52. The zero-order valence-electron chi connectivity index (χ0n) is 12.0. The fraction of sp³-hybridized carbons (Fsp3) is 0.278. The number of benzene rings is 2. The number of aryl methyl sites for hydroxylation is 1. The van der Waals surface area contributed by atoms with Crippen LogP contribution in [0, 0.1) is 24.1 Å². The van der Waals surface area contributed by atoms with E-state index >= 15 is 0 Å². The van der Waals surface area contributed by atoms with Gasteiger partial charge in [-0.2, -0.15) is 5.26 Å². The van der Waals surface area contributed by atoms with Crippen LogP contribution in [0.1, 0.15) is 29.5 Å². The summed E-state index contributed by atoms with van der Waals surface area (Å²) in [7, 11) is 0. The Morgan fingerprint density at radius 2 is 2.05 bits per heavy atom. The number of hydrogen-bond acceptors (Lipinski definition) is 2. The summed E-state index contributed by atoms with van der Waals surface area (Å²) in [6, 6.07) is 13.3. The van der Waals surface area contributed by atoms with E-state index in [2.05, 4.69) is 17.4 Å². The Balaban J connectivity index is 1.88. The first-order valence-electron chi connectivity index (χ1n) is 7.19. The second-order valence-electron chi connectivity index (χ2n) is 5.64. The van der Waals surface area contributed by atoms with Gasteiger partial charge in [0.2, 0.25) is 0 Å². The van der Waals surface area contributed by atoms with Gasteiger partial charge >= 0.3 is 0 Å². The van der Waals surface area contributed by atoms with E-state index in [4.69, 9.17) is 5.26 Å². The van der Waals surface area contributed by atoms with E-state index in [1.54, 1.807) is 6.07 Å². The highest BCUT2D eigenvalue weighted by Crippen LogP contribution is 2.26. The van der Waals surface area contributed by atoms with Crippen molar-refractivity contribution >= 4 is 0 Å². The SMILES string of the molecule is Cc1cc(CNC2CC2)ccc1-c1cc(F)cc(C#N)c1. The molecule has 0 unspecified atom stereocenters. The molecule has 0 radical (unpaired) electrons. The Labute approximate surface area is 124 Å². The number of hydrogen-bond donors (Lipinski definition) is 1. The highest BCUT2D eigenvalue weighted by atomic mass is 19.1. The molecule has 2 aromatic carbocycles. The van der Waals surface area contributed by atoms with Crippen molar-refractivity contribution in [1.82, 2.24) is 5.32 Å². The second-order valence-corrected chi connectivity index (χ2v) is 5.64. The third kappa shape index (κ3) is 3.29. The summed E-state index contributed by atoms with van der Waals surface area (Å²) < 4.78 is 13.6. The Morgan fingerprint density at radius 3 is 2.71 bits per heavy atom. The normalized spacial score (nSPS) is 14.0. The molecule has 1 aliphatic rings. The summed E-state index contributed by atoms with van der Waals surface area (Å²) in [5.74, 6) is -0.372. The first-order valence-corrected chi connectivity index (χ1v) is 7.19. The lowest BCUT2D eigenvalue weighted by molar-refractivity contribution is 0.628. The van der Waals surface area contributed by atoms with Gasteiger partial charge in [0.1, 0.15) is 5.82 Å². The molecule has 2 aromatic rings. The van der Waals surface area contributed by atoms with E-state index in [1.165, 1.54) is 30.5 Å². The van der Waals surface area contributed by atoms with Crippen molar-refractivity contribution in [1.29, 1.82) is 5.26 Å². The molecule has 1 aliphatic carbocycles. The van der Waals surface area contributed by atoms with Crippen LogP contribution in [0.15, 0.2) is 36.4 Å². The summed E-state index contributed by atoms with van der Waals surface area (Å²) in [6.07, 6.45) is 2.55. The molecule has 0 aromatic heterocycles. The molecule has 0 atom stereocenters. The minimum atomic E-state index is -0.372. The van der Waals surface area contributed by atoms with Gasteiger partial charge in [-0.05, 0) is 60.2 Å². The van der Waals surface area contributed by atoms with Gasteiger partial charge in [-0.15, -0.1) is 0 Å². The van der Waals surface area contributed by atoms with Crippen LogP contribution < -0.4 is 5.32 Å². The molecule has 1 N–H and O–H groups in total. The zero-order valence-corrected chi connectivity index (χ0v) is 12.0.